The average molecular weight is 237 g/mol. The van der Waals surface area contributed by atoms with Gasteiger partial charge >= 0.3 is 5.97 Å². The quantitative estimate of drug-likeness (QED) is 0.604. The fourth-order valence-corrected chi connectivity index (χ4v) is 4.17. The van der Waals surface area contributed by atoms with Gasteiger partial charge in [-0.25, -0.2) is 0 Å². The molecule has 2 aliphatic heterocycles. The predicted octanol–water partition coefficient (Wildman–Crippen LogP) is 1.99. The second-order valence-corrected chi connectivity index (χ2v) is 5.94. The van der Waals surface area contributed by atoms with Crippen LogP contribution in [-0.2, 0) is 14.4 Å². The maximum atomic E-state index is 12.1. The number of fused-ring (bicyclic) bond motifs is 4. The summed E-state index contributed by atoms with van der Waals surface area (Å²) in [5.41, 5.74) is -0.398. The summed E-state index contributed by atoms with van der Waals surface area (Å²) in [6.45, 7) is 0. The zero-order chi connectivity index (χ0) is 11.5. The van der Waals surface area contributed by atoms with Crippen molar-refractivity contribution in [2.45, 2.75) is 69.2 Å². The van der Waals surface area contributed by atoms with Crippen molar-refractivity contribution in [3.8, 4) is 0 Å². The molecular weight excluding hydrogens is 218 g/mol. The minimum absolute atomic E-state index is 0.0266. The molecule has 17 heavy (non-hydrogen) atoms. The van der Waals surface area contributed by atoms with E-state index in [1.807, 2.05) is 5.06 Å². The number of hydroxylamine groups is 2. The summed E-state index contributed by atoms with van der Waals surface area (Å²) in [6, 6.07) is -0.0967. The molecule has 0 aromatic rings. The standard InChI is InChI=1S/C13H19NO3/c15-12-11-9-5-4-6-10(9)17-14(11)13(16-12)7-2-1-3-8-13/h9-11H,1-8H2/t9-,10+,11-/m1/s1. The zero-order valence-electron chi connectivity index (χ0n) is 10.1. The maximum absolute atomic E-state index is 12.1. The highest BCUT2D eigenvalue weighted by Gasteiger charge is 2.63. The lowest BCUT2D eigenvalue weighted by Gasteiger charge is -2.37. The van der Waals surface area contributed by atoms with Gasteiger partial charge in [-0.15, -0.1) is 5.06 Å². The Hall–Kier alpha value is -0.610. The first-order valence-electron chi connectivity index (χ1n) is 6.99. The molecule has 0 unspecified atom stereocenters. The molecule has 3 atom stereocenters. The predicted molar refractivity (Wildman–Crippen MR) is 59.7 cm³/mol. The fourth-order valence-electron chi connectivity index (χ4n) is 4.17. The van der Waals surface area contributed by atoms with E-state index in [-0.39, 0.29) is 18.1 Å². The van der Waals surface area contributed by atoms with Gasteiger partial charge in [-0.3, -0.25) is 9.63 Å². The van der Waals surface area contributed by atoms with Crippen molar-refractivity contribution < 1.29 is 14.4 Å². The smallest absolute Gasteiger partial charge is 0.328 e. The third kappa shape index (κ3) is 1.28. The van der Waals surface area contributed by atoms with Gasteiger partial charge in [-0.2, -0.15) is 0 Å². The Balaban J connectivity index is 1.66. The summed E-state index contributed by atoms with van der Waals surface area (Å²) in [7, 11) is 0. The van der Waals surface area contributed by atoms with Gasteiger partial charge in [-0.05, 0) is 25.7 Å². The van der Waals surface area contributed by atoms with Crippen molar-refractivity contribution in [3.63, 3.8) is 0 Å². The SMILES string of the molecule is O=C1OC2(CCCCC2)N2O[C@H]3CCC[C@H]3[C@H]12. The van der Waals surface area contributed by atoms with Crippen LogP contribution < -0.4 is 0 Å². The molecule has 4 nitrogen and oxygen atoms in total. The van der Waals surface area contributed by atoms with Gasteiger partial charge in [0, 0.05) is 18.8 Å². The van der Waals surface area contributed by atoms with E-state index in [0.29, 0.717) is 5.92 Å². The average Bonchev–Trinajstić information content (AvgIpc) is 2.93. The molecule has 4 heteroatoms. The van der Waals surface area contributed by atoms with Gasteiger partial charge in [0.2, 0.25) is 0 Å². The number of rotatable bonds is 0. The van der Waals surface area contributed by atoms with E-state index in [0.717, 1.165) is 38.5 Å². The molecule has 0 amide bonds. The fraction of sp³-hybridized carbons (Fsp3) is 0.923. The van der Waals surface area contributed by atoms with Gasteiger partial charge in [0.05, 0.1) is 6.10 Å². The van der Waals surface area contributed by atoms with E-state index in [9.17, 15) is 4.79 Å². The second kappa shape index (κ2) is 3.45. The van der Waals surface area contributed by atoms with E-state index >= 15 is 0 Å². The van der Waals surface area contributed by atoms with Gasteiger partial charge in [0.15, 0.2) is 5.72 Å². The minimum atomic E-state index is -0.398. The molecule has 4 fully saturated rings. The number of esters is 1. The van der Waals surface area contributed by atoms with E-state index in [1.165, 1.54) is 12.8 Å². The molecule has 4 rings (SSSR count). The summed E-state index contributed by atoms with van der Waals surface area (Å²) in [5, 5.41) is 1.96. The van der Waals surface area contributed by atoms with Crippen LogP contribution in [0.3, 0.4) is 0 Å². The number of ether oxygens (including phenoxy) is 1. The van der Waals surface area contributed by atoms with Gasteiger partial charge < -0.3 is 4.74 Å². The first-order valence-corrected chi connectivity index (χ1v) is 6.99. The summed E-state index contributed by atoms with van der Waals surface area (Å²) in [5.74, 6) is 0.366. The Bertz CT molecular complexity index is 351. The van der Waals surface area contributed by atoms with Crippen LogP contribution in [0.4, 0.5) is 0 Å². The molecule has 0 bridgehead atoms. The van der Waals surface area contributed by atoms with Crippen LogP contribution >= 0.6 is 0 Å². The largest absolute Gasteiger partial charge is 0.440 e. The van der Waals surface area contributed by atoms with E-state index in [2.05, 4.69) is 0 Å². The number of carbonyl (C=O) groups excluding carboxylic acids is 1. The van der Waals surface area contributed by atoms with Crippen molar-refractivity contribution in [1.82, 2.24) is 5.06 Å². The lowest BCUT2D eigenvalue weighted by molar-refractivity contribution is -0.270. The molecule has 2 saturated carbocycles. The first-order chi connectivity index (χ1) is 8.30. The van der Waals surface area contributed by atoms with Gasteiger partial charge in [-0.1, -0.05) is 12.8 Å². The van der Waals surface area contributed by atoms with Crippen molar-refractivity contribution in [1.29, 1.82) is 0 Å². The molecule has 1 spiro atoms. The normalized spacial score (nSPS) is 43.8. The second-order valence-electron chi connectivity index (χ2n) is 5.94. The van der Waals surface area contributed by atoms with Crippen LogP contribution in [-0.4, -0.2) is 28.9 Å². The first kappa shape index (κ1) is 10.3. The van der Waals surface area contributed by atoms with Crippen LogP contribution in [0.15, 0.2) is 0 Å². The Morgan fingerprint density at radius 3 is 2.76 bits per heavy atom. The van der Waals surface area contributed by atoms with Gasteiger partial charge in [0.1, 0.15) is 6.04 Å². The maximum Gasteiger partial charge on any atom is 0.328 e. The minimum Gasteiger partial charge on any atom is -0.440 e. The highest BCUT2D eigenvalue weighted by molar-refractivity contribution is 5.79. The summed E-state index contributed by atoms with van der Waals surface area (Å²) < 4.78 is 5.73. The molecule has 2 aliphatic carbocycles. The Morgan fingerprint density at radius 2 is 1.94 bits per heavy atom. The van der Waals surface area contributed by atoms with E-state index in [1.54, 1.807) is 0 Å². The molecule has 0 radical (unpaired) electrons. The molecule has 94 valence electrons. The van der Waals surface area contributed by atoms with E-state index in [4.69, 9.17) is 9.57 Å². The number of hydrogen-bond donors (Lipinski definition) is 0. The van der Waals surface area contributed by atoms with Crippen molar-refractivity contribution in [2.24, 2.45) is 5.92 Å². The zero-order valence-corrected chi connectivity index (χ0v) is 10.1. The number of hydrogen-bond acceptors (Lipinski definition) is 4. The van der Waals surface area contributed by atoms with Crippen molar-refractivity contribution in [2.75, 3.05) is 0 Å². The van der Waals surface area contributed by atoms with Crippen LogP contribution in [0.1, 0.15) is 51.4 Å². The topological polar surface area (TPSA) is 38.8 Å². The van der Waals surface area contributed by atoms with Crippen molar-refractivity contribution in [3.05, 3.63) is 0 Å². The summed E-state index contributed by atoms with van der Waals surface area (Å²) in [6.07, 6.45) is 9.17. The van der Waals surface area contributed by atoms with Crippen LogP contribution in [0.2, 0.25) is 0 Å². The third-order valence-electron chi connectivity index (χ3n) is 4.98. The molecule has 0 N–H and O–H groups in total. The molecule has 2 heterocycles. The van der Waals surface area contributed by atoms with Crippen LogP contribution in [0, 0.1) is 5.92 Å². The molecule has 4 aliphatic rings. The lowest BCUT2D eigenvalue weighted by Crippen LogP contribution is -2.47. The number of carbonyl (C=O) groups is 1. The molecule has 0 aromatic carbocycles. The number of nitrogens with zero attached hydrogens (tertiary/aromatic N) is 1. The van der Waals surface area contributed by atoms with Gasteiger partial charge in [0.25, 0.3) is 0 Å². The highest BCUT2D eigenvalue weighted by atomic mass is 16.8. The van der Waals surface area contributed by atoms with Crippen LogP contribution in [0.25, 0.3) is 0 Å². The summed E-state index contributed by atoms with van der Waals surface area (Å²) in [4.78, 5) is 18.2. The Labute approximate surface area is 101 Å². The third-order valence-corrected chi connectivity index (χ3v) is 4.98. The Morgan fingerprint density at radius 1 is 1.12 bits per heavy atom. The summed E-state index contributed by atoms with van der Waals surface area (Å²) >= 11 is 0. The molecule has 2 saturated heterocycles. The highest BCUT2D eigenvalue weighted by Crippen LogP contribution is 2.51. The molecule has 0 aromatic heterocycles. The van der Waals surface area contributed by atoms with E-state index < -0.39 is 5.72 Å². The lowest BCUT2D eigenvalue weighted by atomic mass is 9.90. The van der Waals surface area contributed by atoms with Crippen LogP contribution in [0.5, 0.6) is 0 Å². The Kier molecular flexibility index (Phi) is 2.10. The van der Waals surface area contributed by atoms with Crippen molar-refractivity contribution >= 4 is 5.97 Å². The monoisotopic (exact) mass is 237 g/mol. The molecular formula is C13H19NO3.